The molecule has 0 aliphatic carbocycles. The first-order chi connectivity index (χ1) is 10.0. The van der Waals surface area contributed by atoms with Crippen molar-refractivity contribution in [2.24, 2.45) is 0 Å². The quantitative estimate of drug-likeness (QED) is 0.501. The van der Waals surface area contributed by atoms with Crippen LogP contribution in [-0.4, -0.2) is 26.5 Å². The fourth-order valence-electron chi connectivity index (χ4n) is 1.89. The molecule has 110 valence electrons. The molecule has 2 aromatic rings. The van der Waals surface area contributed by atoms with Crippen LogP contribution in [0, 0.1) is 11.7 Å². The van der Waals surface area contributed by atoms with E-state index in [2.05, 4.69) is 15.5 Å². The number of nitrogens with zero attached hydrogens (tertiary/aromatic N) is 2. The summed E-state index contributed by atoms with van der Waals surface area (Å²) >= 11 is 5.06. The summed E-state index contributed by atoms with van der Waals surface area (Å²) in [7, 11) is 0. The second-order valence-electron chi connectivity index (χ2n) is 4.57. The monoisotopic (exact) mass is 304 g/mol. The van der Waals surface area contributed by atoms with Gasteiger partial charge in [0.1, 0.15) is 0 Å². The summed E-state index contributed by atoms with van der Waals surface area (Å²) in [5.74, 6) is -0.629. The number of ketones is 1. The highest BCUT2D eigenvalue weighted by atomic mass is 32.1. The Morgan fingerprint density at radius 3 is 2.62 bits per heavy atom. The minimum absolute atomic E-state index is 0.150. The van der Waals surface area contributed by atoms with E-state index in [1.165, 1.54) is 0 Å². The number of hydrogen-bond donors (Lipinski definition) is 2. The molecule has 0 saturated heterocycles. The lowest BCUT2D eigenvalue weighted by atomic mass is 10.1. The zero-order chi connectivity index (χ0) is 15.4. The molecule has 6 nitrogen and oxygen atoms in total. The first-order valence-electron chi connectivity index (χ1n) is 6.56. The van der Waals surface area contributed by atoms with Gasteiger partial charge in [-0.15, -0.1) is 0 Å². The van der Waals surface area contributed by atoms with Crippen molar-refractivity contribution in [1.82, 2.24) is 20.1 Å². The molecule has 1 amide bonds. The van der Waals surface area contributed by atoms with Crippen LogP contribution in [0.1, 0.15) is 28.7 Å². The van der Waals surface area contributed by atoms with Crippen LogP contribution in [0.15, 0.2) is 24.3 Å². The van der Waals surface area contributed by atoms with Crippen LogP contribution in [0.5, 0.6) is 0 Å². The van der Waals surface area contributed by atoms with Gasteiger partial charge in [-0.05, 0) is 26.1 Å². The maximum absolute atomic E-state index is 12.0. The lowest BCUT2D eigenvalue weighted by molar-refractivity contribution is -0.117. The van der Waals surface area contributed by atoms with E-state index in [-0.39, 0.29) is 6.54 Å². The molecule has 1 aromatic heterocycles. The Bertz CT molecular complexity index is 715. The van der Waals surface area contributed by atoms with E-state index in [1.54, 1.807) is 28.8 Å². The number of aryl methyl sites for hydroxylation is 1. The molecular weight excluding hydrogens is 288 g/mol. The SMILES string of the molecule is CCn1c(CNC(=O)C(=O)c2ccc(C)cc2)n[nH]c1=S. The zero-order valence-electron chi connectivity index (χ0n) is 11.8. The summed E-state index contributed by atoms with van der Waals surface area (Å²) in [6.45, 7) is 4.64. The van der Waals surface area contributed by atoms with Crippen LogP contribution in [0.25, 0.3) is 0 Å². The average molecular weight is 304 g/mol. The lowest BCUT2D eigenvalue weighted by Gasteiger charge is -2.05. The minimum atomic E-state index is -0.657. The molecule has 7 heteroatoms. The van der Waals surface area contributed by atoms with E-state index in [0.717, 1.165) is 5.56 Å². The molecule has 0 bridgehead atoms. The van der Waals surface area contributed by atoms with Crippen LogP contribution >= 0.6 is 12.2 Å². The van der Waals surface area contributed by atoms with Crippen molar-refractivity contribution in [2.75, 3.05) is 0 Å². The topological polar surface area (TPSA) is 79.8 Å². The molecule has 2 N–H and O–H groups in total. The van der Waals surface area contributed by atoms with E-state index < -0.39 is 11.7 Å². The fourth-order valence-corrected chi connectivity index (χ4v) is 2.17. The number of H-pyrrole nitrogens is 1. The molecule has 0 aliphatic heterocycles. The van der Waals surface area contributed by atoms with Crippen molar-refractivity contribution in [3.05, 3.63) is 46.0 Å². The Morgan fingerprint density at radius 2 is 2.00 bits per heavy atom. The summed E-state index contributed by atoms with van der Waals surface area (Å²) < 4.78 is 2.25. The maximum atomic E-state index is 12.0. The Kier molecular flexibility index (Phi) is 4.64. The van der Waals surface area contributed by atoms with Crippen LogP contribution in [0.4, 0.5) is 0 Å². The van der Waals surface area contributed by atoms with E-state index in [9.17, 15) is 9.59 Å². The highest BCUT2D eigenvalue weighted by molar-refractivity contribution is 7.71. The summed E-state index contributed by atoms with van der Waals surface area (Å²) in [6.07, 6.45) is 0. The third kappa shape index (κ3) is 3.43. The van der Waals surface area contributed by atoms with E-state index >= 15 is 0 Å². The molecule has 0 spiro atoms. The first kappa shape index (κ1) is 15.1. The minimum Gasteiger partial charge on any atom is -0.342 e. The van der Waals surface area contributed by atoms with Gasteiger partial charge in [0.25, 0.3) is 5.91 Å². The van der Waals surface area contributed by atoms with Gasteiger partial charge in [-0.3, -0.25) is 14.7 Å². The number of benzene rings is 1. The lowest BCUT2D eigenvalue weighted by Crippen LogP contribution is -2.31. The molecule has 0 radical (unpaired) electrons. The highest BCUT2D eigenvalue weighted by Crippen LogP contribution is 2.04. The van der Waals surface area contributed by atoms with Gasteiger partial charge in [0.05, 0.1) is 6.54 Å². The molecule has 21 heavy (non-hydrogen) atoms. The van der Waals surface area contributed by atoms with Crippen LogP contribution < -0.4 is 5.32 Å². The van der Waals surface area contributed by atoms with Crippen molar-refractivity contribution in [2.45, 2.75) is 26.9 Å². The Hall–Kier alpha value is -2.28. The van der Waals surface area contributed by atoms with Crippen molar-refractivity contribution in [3.63, 3.8) is 0 Å². The fraction of sp³-hybridized carbons (Fsp3) is 0.286. The number of carbonyl (C=O) groups excluding carboxylic acids is 2. The zero-order valence-corrected chi connectivity index (χ0v) is 12.7. The molecule has 0 atom stereocenters. The van der Waals surface area contributed by atoms with Gasteiger partial charge in [0, 0.05) is 12.1 Å². The number of aromatic nitrogens is 3. The predicted octanol–water partition coefficient (Wildman–Crippen LogP) is 1.77. The molecule has 0 unspecified atom stereocenters. The molecule has 0 aliphatic rings. The molecular formula is C14H16N4O2S. The summed E-state index contributed by atoms with van der Waals surface area (Å²) in [4.78, 5) is 23.8. The van der Waals surface area contributed by atoms with Gasteiger partial charge in [-0.1, -0.05) is 29.8 Å². The predicted molar refractivity (Wildman–Crippen MR) is 80.4 cm³/mol. The Labute approximate surface area is 127 Å². The number of carbonyl (C=O) groups is 2. The van der Waals surface area contributed by atoms with Gasteiger partial charge in [0.2, 0.25) is 5.78 Å². The van der Waals surface area contributed by atoms with Crippen LogP contribution in [0.3, 0.4) is 0 Å². The van der Waals surface area contributed by atoms with Gasteiger partial charge in [-0.2, -0.15) is 5.10 Å². The standard InChI is InChI=1S/C14H16N4O2S/c1-3-18-11(16-17-14(18)21)8-15-13(20)12(19)10-6-4-9(2)5-7-10/h4-7H,3,8H2,1-2H3,(H,15,20)(H,17,21). The van der Waals surface area contributed by atoms with Crippen molar-refractivity contribution in [3.8, 4) is 0 Å². The number of amides is 1. The van der Waals surface area contributed by atoms with Crippen molar-refractivity contribution < 1.29 is 9.59 Å². The number of rotatable bonds is 5. The molecule has 2 rings (SSSR count). The van der Waals surface area contributed by atoms with Crippen LogP contribution in [0.2, 0.25) is 0 Å². The number of nitrogens with one attached hydrogen (secondary N) is 2. The highest BCUT2D eigenvalue weighted by Gasteiger charge is 2.16. The third-order valence-corrected chi connectivity index (χ3v) is 3.39. The van der Waals surface area contributed by atoms with Crippen molar-refractivity contribution >= 4 is 23.9 Å². The van der Waals surface area contributed by atoms with E-state index in [1.807, 2.05) is 13.8 Å². The average Bonchev–Trinajstić information content (AvgIpc) is 2.85. The summed E-state index contributed by atoms with van der Waals surface area (Å²) in [6, 6.07) is 6.87. The Morgan fingerprint density at radius 1 is 1.33 bits per heavy atom. The van der Waals surface area contributed by atoms with E-state index in [4.69, 9.17) is 12.2 Å². The van der Waals surface area contributed by atoms with Gasteiger partial charge >= 0.3 is 0 Å². The normalized spacial score (nSPS) is 10.4. The molecule has 1 aromatic carbocycles. The van der Waals surface area contributed by atoms with Crippen molar-refractivity contribution in [1.29, 1.82) is 0 Å². The smallest absolute Gasteiger partial charge is 0.292 e. The second-order valence-corrected chi connectivity index (χ2v) is 4.95. The second kappa shape index (κ2) is 6.45. The van der Waals surface area contributed by atoms with Gasteiger partial charge < -0.3 is 9.88 Å². The summed E-state index contributed by atoms with van der Waals surface area (Å²) in [5.41, 5.74) is 1.40. The first-order valence-corrected chi connectivity index (χ1v) is 6.97. The molecule has 0 saturated carbocycles. The molecule has 0 fully saturated rings. The van der Waals surface area contributed by atoms with Crippen LogP contribution in [-0.2, 0) is 17.9 Å². The van der Waals surface area contributed by atoms with E-state index in [0.29, 0.717) is 22.7 Å². The Balaban J connectivity index is 2.03. The van der Waals surface area contributed by atoms with Gasteiger partial charge in [-0.25, -0.2) is 0 Å². The number of aromatic amines is 1. The number of hydrogen-bond acceptors (Lipinski definition) is 4. The maximum Gasteiger partial charge on any atom is 0.292 e. The molecule has 1 heterocycles. The van der Waals surface area contributed by atoms with Gasteiger partial charge in [0.15, 0.2) is 10.6 Å². The largest absolute Gasteiger partial charge is 0.342 e. The third-order valence-electron chi connectivity index (χ3n) is 3.08. The summed E-state index contributed by atoms with van der Waals surface area (Å²) in [5, 5.41) is 9.24. The number of Topliss-reactive ketones (excluding diaryl/α,β-unsaturated/α-hetero) is 1.